The van der Waals surface area contributed by atoms with E-state index in [1.807, 2.05) is 30.4 Å². The van der Waals surface area contributed by atoms with Gasteiger partial charge in [0.05, 0.1) is 6.61 Å². The molecule has 102 valence electrons. The molecule has 1 N–H and O–H groups in total. The van der Waals surface area contributed by atoms with Gasteiger partial charge < -0.3 is 9.84 Å². The summed E-state index contributed by atoms with van der Waals surface area (Å²) in [6.07, 6.45) is 8.52. The van der Waals surface area contributed by atoms with Gasteiger partial charge in [-0.15, -0.1) is 0 Å². The Bertz CT molecular complexity index is 434. The molecule has 1 aromatic carbocycles. The van der Waals surface area contributed by atoms with Crippen molar-refractivity contribution in [3.8, 4) is 0 Å². The maximum absolute atomic E-state index is 10.3. The molecule has 0 saturated heterocycles. The molecule has 1 atom stereocenters. The molecule has 1 aliphatic rings. The highest BCUT2D eigenvalue weighted by Gasteiger charge is 2.25. The van der Waals surface area contributed by atoms with Gasteiger partial charge in [-0.3, -0.25) is 0 Å². The number of allylic oxidation sites excluding steroid dienone is 2. The molecule has 2 nitrogen and oxygen atoms in total. The minimum atomic E-state index is -1.24. The van der Waals surface area contributed by atoms with Gasteiger partial charge in [0.1, 0.15) is 0 Å². The third-order valence-electron chi connectivity index (χ3n) is 3.57. The number of hydrogen-bond acceptors (Lipinski definition) is 2. The largest absolute Gasteiger partial charge is 0.359 e. The first-order valence-corrected chi connectivity index (χ1v) is 6.93. The molecule has 1 aliphatic carbocycles. The summed E-state index contributed by atoms with van der Waals surface area (Å²) in [6.45, 7) is 4.81. The first-order chi connectivity index (χ1) is 9.13. The molecule has 1 unspecified atom stereocenters. The molecule has 0 saturated carbocycles. The van der Waals surface area contributed by atoms with E-state index in [1.165, 1.54) is 5.56 Å². The fourth-order valence-electron chi connectivity index (χ4n) is 1.99. The number of benzene rings is 1. The highest BCUT2D eigenvalue weighted by molar-refractivity contribution is 5.33. The molecular weight excluding hydrogens is 236 g/mol. The average molecular weight is 258 g/mol. The van der Waals surface area contributed by atoms with Crippen LogP contribution in [-0.4, -0.2) is 17.5 Å². The van der Waals surface area contributed by atoms with Crippen molar-refractivity contribution in [3.63, 3.8) is 0 Å². The molecule has 19 heavy (non-hydrogen) atoms. The quantitative estimate of drug-likeness (QED) is 0.645. The van der Waals surface area contributed by atoms with Crippen molar-refractivity contribution in [1.82, 2.24) is 0 Å². The van der Waals surface area contributed by atoms with Gasteiger partial charge in [-0.05, 0) is 23.6 Å². The van der Waals surface area contributed by atoms with E-state index >= 15 is 0 Å². The molecule has 0 aliphatic heterocycles. The molecule has 2 rings (SSSR count). The van der Waals surface area contributed by atoms with Crippen LogP contribution in [0.2, 0.25) is 0 Å². The lowest BCUT2D eigenvalue weighted by Crippen LogP contribution is -2.31. The third-order valence-corrected chi connectivity index (χ3v) is 3.57. The Balaban J connectivity index is 1.98. The molecule has 0 heterocycles. The van der Waals surface area contributed by atoms with Crippen molar-refractivity contribution in [3.05, 3.63) is 60.2 Å². The number of aliphatic hydroxyl groups is 1. The van der Waals surface area contributed by atoms with Crippen molar-refractivity contribution < 1.29 is 9.84 Å². The van der Waals surface area contributed by atoms with Gasteiger partial charge in [0.15, 0.2) is 0 Å². The van der Waals surface area contributed by atoms with E-state index in [1.54, 1.807) is 12.2 Å². The van der Waals surface area contributed by atoms with Crippen molar-refractivity contribution in [1.29, 1.82) is 0 Å². The molecule has 0 spiro atoms. The van der Waals surface area contributed by atoms with Crippen LogP contribution < -0.4 is 0 Å². The first kappa shape index (κ1) is 14.0. The van der Waals surface area contributed by atoms with Crippen LogP contribution in [0, 0.1) is 5.92 Å². The molecule has 0 radical (unpaired) electrons. The predicted octanol–water partition coefficient (Wildman–Crippen LogP) is 3.65. The van der Waals surface area contributed by atoms with Gasteiger partial charge in [-0.2, -0.15) is 0 Å². The molecule has 0 fully saturated rings. The lowest BCUT2D eigenvalue weighted by atomic mass is 9.93. The van der Waals surface area contributed by atoms with E-state index in [9.17, 15) is 5.11 Å². The van der Waals surface area contributed by atoms with Crippen molar-refractivity contribution in [2.75, 3.05) is 6.61 Å². The molecule has 0 aromatic heterocycles. The maximum atomic E-state index is 10.3. The second kappa shape index (κ2) is 6.18. The molecule has 2 heteroatoms. The second-order valence-electron chi connectivity index (χ2n) is 5.23. The highest BCUT2D eigenvalue weighted by Crippen LogP contribution is 2.27. The summed E-state index contributed by atoms with van der Waals surface area (Å²) in [7, 11) is 0. The zero-order chi connectivity index (χ0) is 13.7. The van der Waals surface area contributed by atoms with E-state index in [2.05, 4.69) is 26.0 Å². The lowest BCUT2D eigenvalue weighted by molar-refractivity contribution is -0.139. The molecular formula is C17H22O2. The van der Waals surface area contributed by atoms with Gasteiger partial charge in [0, 0.05) is 5.92 Å². The molecule has 0 amide bonds. The third kappa shape index (κ3) is 3.79. The van der Waals surface area contributed by atoms with Crippen molar-refractivity contribution in [2.24, 2.45) is 5.92 Å². The maximum Gasteiger partial charge on any atom is 0.205 e. The normalized spacial score (nSPS) is 27.4. The number of rotatable bonds is 5. The fourth-order valence-corrected chi connectivity index (χ4v) is 1.99. The van der Waals surface area contributed by atoms with E-state index in [4.69, 9.17) is 4.74 Å². The van der Waals surface area contributed by atoms with Crippen LogP contribution in [0.25, 0.3) is 0 Å². The number of hydrogen-bond donors (Lipinski definition) is 1. The van der Waals surface area contributed by atoms with Crippen LogP contribution in [0.3, 0.4) is 0 Å². The zero-order valence-corrected chi connectivity index (χ0v) is 11.6. The van der Waals surface area contributed by atoms with Gasteiger partial charge in [0.25, 0.3) is 0 Å². The summed E-state index contributed by atoms with van der Waals surface area (Å²) in [5.41, 5.74) is 1.22. The fraction of sp³-hybridized carbons (Fsp3) is 0.412. The van der Waals surface area contributed by atoms with Crippen LogP contribution in [0.1, 0.15) is 31.7 Å². The Hall–Kier alpha value is -1.38. The standard InChI is InChI=1S/C17H22O2/c1-3-14(2)13-19-17(18)11-9-16(10-12-17)15-7-5-4-6-8-15/h4-12,14,16,18H,3,13H2,1-2H3. The minimum absolute atomic E-state index is 0.216. The van der Waals surface area contributed by atoms with Gasteiger partial charge in [0.2, 0.25) is 5.79 Å². The van der Waals surface area contributed by atoms with E-state index in [-0.39, 0.29) is 5.92 Å². The van der Waals surface area contributed by atoms with Gasteiger partial charge in [-0.25, -0.2) is 0 Å². The Morgan fingerprint density at radius 3 is 2.42 bits per heavy atom. The molecule has 1 aromatic rings. The Labute approximate surface area is 115 Å². The summed E-state index contributed by atoms with van der Waals surface area (Å²) in [5.74, 6) is -0.569. The smallest absolute Gasteiger partial charge is 0.205 e. The second-order valence-corrected chi connectivity index (χ2v) is 5.23. The average Bonchev–Trinajstić information content (AvgIpc) is 2.46. The molecule has 0 bridgehead atoms. The summed E-state index contributed by atoms with van der Waals surface area (Å²) >= 11 is 0. The van der Waals surface area contributed by atoms with Crippen LogP contribution in [0.5, 0.6) is 0 Å². The topological polar surface area (TPSA) is 29.5 Å². The summed E-state index contributed by atoms with van der Waals surface area (Å²) in [6, 6.07) is 10.2. The van der Waals surface area contributed by atoms with Crippen LogP contribution in [0.15, 0.2) is 54.6 Å². The van der Waals surface area contributed by atoms with Crippen LogP contribution in [0.4, 0.5) is 0 Å². The highest BCUT2D eigenvalue weighted by atomic mass is 16.6. The SMILES string of the molecule is CCC(C)COC1(O)C=CC(c2ccccc2)C=C1. The summed E-state index contributed by atoms with van der Waals surface area (Å²) in [5, 5.41) is 10.3. The van der Waals surface area contributed by atoms with E-state index in [0.29, 0.717) is 12.5 Å². The van der Waals surface area contributed by atoms with Crippen LogP contribution in [-0.2, 0) is 4.74 Å². The Morgan fingerprint density at radius 1 is 1.21 bits per heavy atom. The van der Waals surface area contributed by atoms with Crippen molar-refractivity contribution in [2.45, 2.75) is 32.0 Å². The predicted molar refractivity (Wildman–Crippen MR) is 77.8 cm³/mol. The monoisotopic (exact) mass is 258 g/mol. The summed E-state index contributed by atoms with van der Waals surface area (Å²) in [4.78, 5) is 0. The Morgan fingerprint density at radius 2 is 1.84 bits per heavy atom. The van der Waals surface area contributed by atoms with Gasteiger partial charge >= 0.3 is 0 Å². The summed E-state index contributed by atoms with van der Waals surface area (Å²) < 4.78 is 5.59. The van der Waals surface area contributed by atoms with E-state index in [0.717, 1.165) is 6.42 Å². The first-order valence-electron chi connectivity index (χ1n) is 6.93. The van der Waals surface area contributed by atoms with E-state index < -0.39 is 5.79 Å². The zero-order valence-electron chi connectivity index (χ0n) is 11.6. The van der Waals surface area contributed by atoms with Gasteiger partial charge in [-0.1, -0.05) is 62.8 Å². The van der Waals surface area contributed by atoms with Crippen molar-refractivity contribution >= 4 is 0 Å². The Kier molecular flexibility index (Phi) is 4.56. The van der Waals surface area contributed by atoms with Crippen LogP contribution >= 0.6 is 0 Å². The lowest BCUT2D eigenvalue weighted by Gasteiger charge is -2.27. The number of ether oxygens (including phenoxy) is 1. The minimum Gasteiger partial charge on any atom is -0.359 e.